The van der Waals surface area contributed by atoms with Gasteiger partial charge in [-0.15, -0.1) is 0 Å². The molecule has 0 spiro atoms. The Kier molecular flexibility index (Phi) is 5.62. The van der Waals surface area contributed by atoms with Gasteiger partial charge in [0.05, 0.1) is 11.8 Å². The highest BCUT2D eigenvalue weighted by Gasteiger charge is 2.20. The van der Waals surface area contributed by atoms with Gasteiger partial charge in [-0.05, 0) is 32.0 Å². The third-order valence-corrected chi connectivity index (χ3v) is 5.38. The summed E-state index contributed by atoms with van der Waals surface area (Å²) in [4.78, 5) is 35.6. The molecule has 3 heterocycles. The number of aromatic amines is 1. The van der Waals surface area contributed by atoms with Gasteiger partial charge in [0.1, 0.15) is 6.26 Å². The first-order valence-corrected chi connectivity index (χ1v) is 9.89. The van der Waals surface area contributed by atoms with Crippen LogP contribution in [0.1, 0.15) is 12.0 Å². The Morgan fingerprint density at radius 3 is 2.66 bits per heavy atom. The van der Waals surface area contributed by atoms with E-state index in [9.17, 15) is 9.59 Å². The molecular formula is C21H25N5O3. The Bertz CT molecular complexity index is 1060. The minimum absolute atomic E-state index is 0.207. The molecule has 3 aromatic rings. The maximum Gasteiger partial charge on any atom is 0.328 e. The topological polar surface area (TPSA) is 87.4 Å². The molecule has 0 amide bonds. The standard InChI is InChI=1S/C21H25N5O3/c1-16-15-23-21(28)26(20(16)27)9-4-8-24-10-12-25(13-11-24)18-6-3-2-5-17(18)19-22-7-14-29-19/h2-3,5-7,14-15H,4,8-13H2,1H3,(H,23,28). The first kappa shape index (κ1) is 19.2. The second-order valence-electron chi connectivity index (χ2n) is 7.27. The minimum Gasteiger partial charge on any atom is -0.444 e. The maximum atomic E-state index is 12.1. The fourth-order valence-electron chi connectivity index (χ4n) is 3.77. The van der Waals surface area contributed by atoms with Gasteiger partial charge in [0.15, 0.2) is 0 Å². The highest BCUT2D eigenvalue weighted by Crippen LogP contribution is 2.30. The predicted molar refractivity (Wildman–Crippen MR) is 111 cm³/mol. The number of hydrogen-bond donors (Lipinski definition) is 1. The zero-order chi connectivity index (χ0) is 20.2. The fraction of sp³-hybridized carbons (Fsp3) is 0.381. The zero-order valence-corrected chi connectivity index (χ0v) is 16.5. The molecule has 0 radical (unpaired) electrons. The Morgan fingerprint density at radius 2 is 1.90 bits per heavy atom. The molecule has 1 aliphatic rings. The fourth-order valence-corrected chi connectivity index (χ4v) is 3.77. The monoisotopic (exact) mass is 395 g/mol. The summed E-state index contributed by atoms with van der Waals surface area (Å²) < 4.78 is 6.78. The number of aromatic nitrogens is 3. The first-order chi connectivity index (χ1) is 14.1. The lowest BCUT2D eigenvalue weighted by molar-refractivity contribution is 0.249. The van der Waals surface area contributed by atoms with E-state index in [0.29, 0.717) is 18.0 Å². The summed E-state index contributed by atoms with van der Waals surface area (Å²) in [6.07, 6.45) is 5.49. The highest BCUT2D eigenvalue weighted by molar-refractivity contribution is 5.73. The number of piperazine rings is 1. The Labute approximate surface area is 168 Å². The smallest absolute Gasteiger partial charge is 0.328 e. The molecule has 0 atom stereocenters. The maximum absolute atomic E-state index is 12.1. The number of hydrogen-bond acceptors (Lipinski definition) is 6. The lowest BCUT2D eigenvalue weighted by atomic mass is 10.1. The van der Waals surface area contributed by atoms with Crippen LogP contribution in [0, 0.1) is 6.92 Å². The van der Waals surface area contributed by atoms with Crippen molar-refractivity contribution in [3.8, 4) is 11.5 Å². The van der Waals surface area contributed by atoms with E-state index < -0.39 is 0 Å². The molecule has 4 rings (SSSR count). The average Bonchev–Trinajstić information content (AvgIpc) is 3.29. The summed E-state index contributed by atoms with van der Waals surface area (Å²) in [5.74, 6) is 0.636. The third-order valence-electron chi connectivity index (χ3n) is 5.38. The first-order valence-electron chi connectivity index (χ1n) is 9.89. The minimum atomic E-state index is -0.339. The van der Waals surface area contributed by atoms with Crippen molar-refractivity contribution < 1.29 is 4.42 Å². The molecule has 8 nitrogen and oxygen atoms in total. The average molecular weight is 395 g/mol. The van der Waals surface area contributed by atoms with Crippen LogP contribution >= 0.6 is 0 Å². The van der Waals surface area contributed by atoms with Gasteiger partial charge >= 0.3 is 5.69 Å². The molecule has 1 saturated heterocycles. The molecule has 0 aliphatic carbocycles. The van der Waals surface area contributed by atoms with Crippen LogP contribution in [0.5, 0.6) is 0 Å². The van der Waals surface area contributed by atoms with E-state index in [0.717, 1.165) is 50.4 Å². The Morgan fingerprint density at radius 1 is 1.10 bits per heavy atom. The molecule has 0 saturated carbocycles. The van der Waals surface area contributed by atoms with Crippen LogP contribution in [-0.4, -0.2) is 52.2 Å². The molecule has 2 aromatic heterocycles. The molecule has 0 unspecified atom stereocenters. The van der Waals surface area contributed by atoms with E-state index in [1.807, 2.05) is 18.2 Å². The quantitative estimate of drug-likeness (QED) is 0.684. The molecule has 152 valence electrons. The normalized spacial score (nSPS) is 15.0. The summed E-state index contributed by atoms with van der Waals surface area (Å²) in [7, 11) is 0. The second kappa shape index (κ2) is 8.48. The summed E-state index contributed by atoms with van der Waals surface area (Å²) >= 11 is 0. The van der Waals surface area contributed by atoms with Gasteiger partial charge in [0, 0.05) is 50.2 Å². The molecule has 8 heteroatoms. The van der Waals surface area contributed by atoms with Gasteiger partial charge in [0.25, 0.3) is 5.56 Å². The van der Waals surface area contributed by atoms with Crippen molar-refractivity contribution in [2.24, 2.45) is 0 Å². The number of anilines is 1. The molecular weight excluding hydrogens is 370 g/mol. The summed E-state index contributed by atoms with van der Waals surface area (Å²) in [5.41, 5.74) is 2.15. The van der Waals surface area contributed by atoms with Crippen LogP contribution in [0.3, 0.4) is 0 Å². The summed E-state index contributed by atoms with van der Waals surface area (Å²) in [6, 6.07) is 8.16. The van der Waals surface area contributed by atoms with E-state index in [1.54, 1.807) is 19.4 Å². The van der Waals surface area contributed by atoms with E-state index in [-0.39, 0.29) is 11.2 Å². The van der Waals surface area contributed by atoms with E-state index in [2.05, 4.69) is 25.8 Å². The predicted octanol–water partition coefficient (Wildman–Crippen LogP) is 1.71. The van der Waals surface area contributed by atoms with Crippen molar-refractivity contribution in [1.29, 1.82) is 0 Å². The number of para-hydroxylation sites is 1. The van der Waals surface area contributed by atoms with Gasteiger partial charge in [-0.3, -0.25) is 14.3 Å². The van der Waals surface area contributed by atoms with E-state index >= 15 is 0 Å². The van der Waals surface area contributed by atoms with Crippen molar-refractivity contribution in [3.63, 3.8) is 0 Å². The zero-order valence-electron chi connectivity index (χ0n) is 16.5. The lowest BCUT2D eigenvalue weighted by Gasteiger charge is -2.36. The molecule has 1 N–H and O–H groups in total. The van der Waals surface area contributed by atoms with Crippen molar-refractivity contribution in [2.45, 2.75) is 19.9 Å². The third kappa shape index (κ3) is 4.17. The van der Waals surface area contributed by atoms with Gasteiger partial charge in [0.2, 0.25) is 5.89 Å². The molecule has 1 fully saturated rings. The van der Waals surface area contributed by atoms with Crippen LogP contribution in [0.25, 0.3) is 11.5 Å². The number of nitrogens with one attached hydrogen (secondary N) is 1. The Hall–Kier alpha value is -3.13. The Balaban J connectivity index is 1.34. The molecule has 1 aromatic carbocycles. The van der Waals surface area contributed by atoms with Crippen LogP contribution in [-0.2, 0) is 6.54 Å². The number of rotatable bonds is 6. The lowest BCUT2D eigenvalue weighted by Crippen LogP contribution is -2.47. The largest absolute Gasteiger partial charge is 0.444 e. The van der Waals surface area contributed by atoms with Crippen LogP contribution in [0.2, 0.25) is 0 Å². The molecule has 1 aliphatic heterocycles. The number of nitrogens with zero attached hydrogens (tertiary/aromatic N) is 4. The van der Waals surface area contributed by atoms with E-state index in [1.165, 1.54) is 10.8 Å². The van der Waals surface area contributed by atoms with Crippen molar-refractivity contribution >= 4 is 5.69 Å². The van der Waals surface area contributed by atoms with Crippen molar-refractivity contribution in [1.82, 2.24) is 19.4 Å². The van der Waals surface area contributed by atoms with Crippen LogP contribution in [0.15, 0.2) is 56.9 Å². The molecule has 0 bridgehead atoms. The van der Waals surface area contributed by atoms with E-state index in [4.69, 9.17) is 4.42 Å². The molecule has 29 heavy (non-hydrogen) atoms. The second-order valence-corrected chi connectivity index (χ2v) is 7.27. The van der Waals surface area contributed by atoms with Crippen LogP contribution in [0.4, 0.5) is 5.69 Å². The summed E-state index contributed by atoms with van der Waals surface area (Å²) in [6.45, 7) is 6.67. The number of aryl methyl sites for hydroxylation is 1. The van der Waals surface area contributed by atoms with Crippen LogP contribution < -0.4 is 16.1 Å². The van der Waals surface area contributed by atoms with Gasteiger partial charge < -0.3 is 14.3 Å². The summed E-state index contributed by atoms with van der Waals surface area (Å²) in [5, 5.41) is 0. The SMILES string of the molecule is Cc1c[nH]c(=O)n(CCCN2CCN(c3ccccc3-c3ncco3)CC2)c1=O. The van der Waals surface area contributed by atoms with Gasteiger partial charge in [-0.1, -0.05) is 12.1 Å². The number of benzene rings is 1. The van der Waals surface area contributed by atoms with Gasteiger partial charge in [-0.2, -0.15) is 0 Å². The van der Waals surface area contributed by atoms with Gasteiger partial charge in [-0.25, -0.2) is 9.78 Å². The van der Waals surface area contributed by atoms with Crippen molar-refractivity contribution in [3.05, 3.63) is 69.3 Å². The highest BCUT2D eigenvalue weighted by atomic mass is 16.3. The number of H-pyrrole nitrogens is 1. The number of oxazole rings is 1. The van der Waals surface area contributed by atoms with Crippen molar-refractivity contribution in [2.75, 3.05) is 37.6 Å².